The molecule has 6 nitrogen and oxygen atoms in total. The SMILES string of the molecule is Cc1cc(N)ccc1Oc1ccc(C(N)=O)nn1. The molecule has 0 fully saturated rings. The third-order valence-corrected chi connectivity index (χ3v) is 2.31. The van der Waals surface area contributed by atoms with Crippen LogP contribution >= 0.6 is 0 Å². The van der Waals surface area contributed by atoms with Gasteiger partial charge in [-0.3, -0.25) is 4.79 Å². The molecule has 1 aromatic heterocycles. The van der Waals surface area contributed by atoms with Crippen molar-refractivity contribution in [3.8, 4) is 11.6 Å². The van der Waals surface area contributed by atoms with Gasteiger partial charge in [0.05, 0.1) is 0 Å². The molecule has 2 rings (SSSR count). The van der Waals surface area contributed by atoms with Crippen LogP contribution in [0.2, 0.25) is 0 Å². The fourth-order valence-electron chi connectivity index (χ4n) is 1.41. The van der Waals surface area contributed by atoms with Gasteiger partial charge >= 0.3 is 0 Å². The molecule has 0 bridgehead atoms. The average Bonchev–Trinajstić information content (AvgIpc) is 2.33. The maximum atomic E-state index is 10.8. The molecular weight excluding hydrogens is 232 g/mol. The summed E-state index contributed by atoms with van der Waals surface area (Å²) in [5.74, 6) is 0.288. The third kappa shape index (κ3) is 2.54. The molecule has 0 aliphatic rings. The first-order valence-corrected chi connectivity index (χ1v) is 5.24. The summed E-state index contributed by atoms with van der Waals surface area (Å²) in [4.78, 5) is 10.8. The van der Waals surface area contributed by atoms with Crippen LogP contribution in [0.25, 0.3) is 0 Å². The normalized spacial score (nSPS) is 10.1. The first kappa shape index (κ1) is 11.8. The number of aromatic nitrogens is 2. The Balaban J connectivity index is 2.21. The Kier molecular flexibility index (Phi) is 3.09. The van der Waals surface area contributed by atoms with Gasteiger partial charge < -0.3 is 16.2 Å². The van der Waals surface area contributed by atoms with Gasteiger partial charge in [0, 0.05) is 11.8 Å². The second kappa shape index (κ2) is 4.70. The van der Waals surface area contributed by atoms with Crippen molar-refractivity contribution in [3.05, 3.63) is 41.6 Å². The van der Waals surface area contributed by atoms with Gasteiger partial charge in [-0.15, -0.1) is 10.2 Å². The molecule has 4 N–H and O–H groups in total. The zero-order valence-corrected chi connectivity index (χ0v) is 9.75. The lowest BCUT2D eigenvalue weighted by Gasteiger charge is -2.07. The number of hydrogen-bond acceptors (Lipinski definition) is 5. The first-order chi connectivity index (χ1) is 8.56. The molecule has 0 aliphatic carbocycles. The number of primary amides is 1. The molecule has 92 valence electrons. The van der Waals surface area contributed by atoms with Crippen LogP contribution in [0.15, 0.2) is 30.3 Å². The van der Waals surface area contributed by atoms with Gasteiger partial charge in [-0.1, -0.05) is 0 Å². The fraction of sp³-hybridized carbons (Fsp3) is 0.0833. The van der Waals surface area contributed by atoms with Crippen LogP contribution < -0.4 is 16.2 Å². The van der Waals surface area contributed by atoms with Crippen molar-refractivity contribution in [3.63, 3.8) is 0 Å². The molecule has 6 heteroatoms. The van der Waals surface area contributed by atoms with Crippen LogP contribution in [0.1, 0.15) is 16.1 Å². The summed E-state index contributed by atoms with van der Waals surface area (Å²) in [6.45, 7) is 1.87. The average molecular weight is 244 g/mol. The Bertz CT molecular complexity index is 581. The maximum Gasteiger partial charge on any atom is 0.269 e. The monoisotopic (exact) mass is 244 g/mol. The van der Waals surface area contributed by atoms with E-state index in [9.17, 15) is 4.79 Å². The number of hydrogen-bond donors (Lipinski definition) is 2. The summed E-state index contributed by atoms with van der Waals surface area (Å²) in [5, 5.41) is 7.40. The summed E-state index contributed by atoms with van der Waals surface area (Å²) >= 11 is 0. The number of carbonyl (C=O) groups excluding carboxylic acids is 1. The Morgan fingerprint density at radius 1 is 1.22 bits per heavy atom. The van der Waals surface area contributed by atoms with Gasteiger partial charge in [0.25, 0.3) is 5.91 Å². The van der Waals surface area contributed by atoms with Gasteiger partial charge in [0.2, 0.25) is 5.88 Å². The van der Waals surface area contributed by atoms with E-state index in [4.69, 9.17) is 16.2 Å². The molecule has 2 aromatic rings. The summed E-state index contributed by atoms with van der Waals surface area (Å²) in [6.07, 6.45) is 0. The van der Waals surface area contributed by atoms with E-state index in [1.165, 1.54) is 12.1 Å². The molecule has 0 unspecified atom stereocenters. The lowest BCUT2D eigenvalue weighted by Crippen LogP contribution is -2.13. The largest absolute Gasteiger partial charge is 0.437 e. The molecule has 0 atom stereocenters. The Hall–Kier alpha value is -2.63. The number of nitrogen functional groups attached to an aromatic ring is 1. The van der Waals surface area contributed by atoms with Crippen molar-refractivity contribution >= 4 is 11.6 Å². The Morgan fingerprint density at radius 2 is 2.00 bits per heavy atom. The minimum atomic E-state index is -0.627. The predicted octanol–water partition coefficient (Wildman–Crippen LogP) is 1.26. The van der Waals surface area contributed by atoms with Crippen LogP contribution in [0.3, 0.4) is 0 Å². The minimum Gasteiger partial charge on any atom is -0.437 e. The molecule has 0 spiro atoms. The first-order valence-electron chi connectivity index (χ1n) is 5.24. The van der Waals surface area contributed by atoms with E-state index < -0.39 is 5.91 Å². The van der Waals surface area contributed by atoms with Crippen LogP contribution in [0.4, 0.5) is 5.69 Å². The van der Waals surface area contributed by atoms with Gasteiger partial charge in [-0.05, 0) is 36.8 Å². The topological polar surface area (TPSA) is 104 Å². The van der Waals surface area contributed by atoms with Crippen LogP contribution in [-0.4, -0.2) is 16.1 Å². The number of nitrogens with zero attached hydrogens (tertiary/aromatic N) is 2. The zero-order chi connectivity index (χ0) is 13.1. The molecule has 1 aromatic carbocycles. The molecule has 0 saturated heterocycles. The summed E-state index contributed by atoms with van der Waals surface area (Å²) in [7, 11) is 0. The van der Waals surface area contributed by atoms with Crippen LogP contribution in [-0.2, 0) is 0 Å². The summed E-state index contributed by atoms with van der Waals surface area (Å²) in [6, 6.07) is 8.25. The fourth-order valence-corrected chi connectivity index (χ4v) is 1.41. The number of aryl methyl sites for hydroxylation is 1. The van der Waals surface area contributed by atoms with Crippen molar-refractivity contribution in [1.29, 1.82) is 0 Å². The van der Waals surface area contributed by atoms with E-state index >= 15 is 0 Å². The highest BCUT2D eigenvalue weighted by molar-refractivity contribution is 5.90. The van der Waals surface area contributed by atoms with Crippen molar-refractivity contribution in [1.82, 2.24) is 10.2 Å². The van der Waals surface area contributed by atoms with Gasteiger partial charge in [0.1, 0.15) is 5.75 Å². The van der Waals surface area contributed by atoms with E-state index in [0.29, 0.717) is 11.4 Å². The Morgan fingerprint density at radius 3 is 2.56 bits per heavy atom. The maximum absolute atomic E-state index is 10.8. The standard InChI is InChI=1S/C12H12N4O2/c1-7-6-8(13)2-4-10(7)18-11-5-3-9(12(14)17)15-16-11/h2-6H,13H2,1H3,(H2,14,17). The minimum absolute atomic E-state index is 0.0939. The van der Waals surface area contributed by atoms with Crippen molar-refractivity contribution in [2.45, 2.75) is 6.92 Å². The molecule has 1 amide bonds. The van der Waals surface area contributed by atoms with Crippen molar-refractivity contribution in [2.24, 2.45) is 5.73 Å². The third-order valence-electron chi connectivity index (χ3n) is 2.31. The van der Waals surface area contributed by atoms with E-state index in [2.05, 4.69) is 10.2 Å². The molecule has 0 aliphatic heterocycles. The molecule has 0 saturated carbocycles. The highest BCUT2D eigenvalue weighted by Gasteiger charge is 2.06. The number of nitrogens with two attached hydrogens (primary N) is 2. The number of anilines is 1. The smallest absolute Gasteiger partial charge is 0.269 e. The number of rotatable bonds is 3. The van der Waals surface area contributed by atoms with Gasteiger partial charge in [-0.25, -0.2) is 0 Å². The number of amides is 1. The van der Waals surface area contributed by atoms with Gasteiger partial charge in [-0.2, -0.15) is 0 Å². The summed E-state index contributed by atoms with van der Waals surface area (Å²) in [5.41, 5.74) is 12.3. The van der Waals surface area contributed by atoms with Crippen molar-refractivity contribution in [2.75, 3.05) is 5.73 Å². The molecule has 0 radical (unpaired) electrons. The quantitative estimate of drug-likeness (QED) is 0.791. The summed E-state index contributed by atoms with van der Waals surface area (Å²) < 4.78 is 5.52. The highest BCUT2D eigenvalue weighted by atomic mass is 16.5. The van der Waals surface area contributed by atoms with Crippen LogP contribution in [0.5, 0.6) is 11.6 Å². The number of ether oxygens (including phenoxy) is 1. The lowest BCUT2D eigenvalue weighted by molar-refractivity contribution is 0.0994. The second-order valence-corrected chi connectivity index (χ2v) is 3.75. The lowest BCUT2D eigenvalue weighted by atomic mass is 10.2. The van der Waals surface area contributed by atoms with Crippen LogP contribution in [0, 0.1) is 6.92 Å². The second-order valence-electron chi connectivity index (χ2n) is 3.75. The van der Waals surface area contributed by atoms with Crippen molar-refractivity contribution < 1.29 is 9.53 Å². The highest BCUT2D eigenvalue weighted by Crippen LogP contribution is 2.24. The predicted molar refractivity (Wildman–Crippen MR) is 66.2 cm³/mol. The van der Waals surface area contributed by atoms with E-state index in [-0.39, 0.29) is 11.6 Å². The zero-order valence-electron chi connectivity index (χ0n) is 9.75. The van der Waals surface area contributed by atoms with E-state index in [0.717, 1.165) is 5.56 Å². The van der Waals surface area contributed by atoms with Gasteiger partial charge in [0.15, 0.2) is 5.69 Å². The van der Waals surface area contributed by atoms with E-state index in [1.807, 2.05) is 6.92 Å². The molecular formula is C12H12N4O2. The Labute approximate surface area is 104 Å². The van der Waals surface area contributed by atoms with E-state index in [1.54, 1.807) is 18.2 Å². The number of benzene rings is 1. The molecule has 18 heavy (non-hydrogen) atoms. The molecule has 1 heterocycles. The number of carbonyl (C=O) groups is 1.